The van der Waals surface area contributed by atoms with E-state index in [0.29, 0.717) is 5.56 Å². The molecule has 4 N–H and O–H groups in total. The average Bonchev–Trinajstić information content (AvgIpc) is 2.40. The molecule has 0 fully saturated rings. The van der Waals surface area contributed by atoms with Gasteiger partial charge in [0.1, 0.15) is 12.4 Å². The lowest BCUT2D eigenvalue weighted by atomic mass is 10.1. The molecule has 20 heavy (non-hydrogen) atoms. The number of hydrogen-bond donors (Lipinski definition) is 2. The van der Waals surface area contributed by atoms with Crippen molar-refractivity contribution in [2.45, 2.75) is 6.61 Å². The number of anilines is 1. The number of nitrogens with two attached hydrogens (primary N) is 2. The fraction of sp³-hybridized carbons (Fsp3) is 0.0714. The minimum atomic E-state index is -0.651. The van der Waals surface area contributed by atoms with E-state index in [1.807, 2.05) is 0 Å². The van der Waals surface area contributed by atoms with Crippen LogP contribution < -0.4 is 16.2 Å². The number of ether oxygens (including phenoxy) is 1. The minimum Gasteiger partial charge on any atom is -0.486 e. The second-order valence-corrected chi connectivity index (χ2v) is 5.03. The number of nitrogen functional groups attached to an aromatic ring is 1. The van der Waals surface area contributed by atoms with Crippen molar-refractivity contribution in [3.63, 3.8) is 0 Å². The van der Waals surface area contributed by atoms with E-state index in [-0.39, 0.29) is 23.6 Å². The Morgan fingerprint density at radius 1 is 1.30 bits per heavy atom. The molecular weight excluding hydrogens is 327 g/mol. The van der Waals surface area contributed by atoms with E-state index < -0.39 is 11.7 Å². The third-order valence-electron chi connectivity index (χ3n) is 2.69. The van der Waals surface area contributed by atoms with E-state index in [4.69, 9.17) is 16.2 Å². The highest BCUT2D eigenvalue weighted by molar-refractivity contribution is 9.10. The van der Waals surface area contributed by atoms with Crippen LogP contribution in [0, 0.1) is 5.82 Å². The van der Waals surface area contributed by atoms with Crippen LogP contribution in [0.3, 0.4) is 0 Å². The van der Waals surface area contributed by atoms with Crippen molar-refractivity contribution in [2.24, 2.45) is 5.73 Å². The molecule has 6 heteroatoms. The summed E-state index contributed by atoms with van der Waals surface area (Å²) in [5, 5.41) is 0. The lowest BCUT2D eigenvalue weighted by Crippen LogP contribution is -2.14. The van der Waals surface area contributed by atoms with Crippen LogP contribution in [0.15, 0.2) is 40.9 Å². The summed E-state index contributed by atoms with van der Waals surface area (Å²) < 4.78 is 19.8. The van der Waals surface area contributed by atoms with Gasteiger partial charge >= 0.3 is 0 Å². The number of carbonyl (C=O) groups is 1. The summed E-state index contributed by atoms with van der Waals surface area (Å²) in [6.07, 6.45) is 0. The van der Waals surface area contributed by atoms with Crippen molar-refractivity contribution < 1.29 is 13.9 Å². The zero-order valence-corrected chi connectivity index (χ0v) is 12.0. The first-order chi connectivity index (χ1) is 9.49. The standard InChI is InChI=1S/C14H12BrFN2O2/c15-9-4-5-11(16)8(6-9)7-20-13-10(14(18)19)2-1-3-12(13)17/h1-6H,7,17H2,(H2,18,19). The zero-order valence-electron chi connectivity index (χ0n) is 10.4. The Kier molecular flexibility index (Phi) is 4.24. The maximum atomic E-state index is 13.6. The minimum absolute atomic E-state index is 0.0558. The number of halogens is 2. The van der Waals surface area contributed by atoms with E-state index in [1.165, 1.54) is 12.1 Å². The van der Waals surface area contributed by atoms with Crippen LogP contribution >= 0.6 is 15.9 Å². The maximum absolute atomic E-state index is 13.6. The van der Waals surface area contributed by atoms with Gasteiger partial charge in [-0.05, 0) is 30.3 Å². The zero-order chi connectivity index (χ0) is 14.7. The van der Waals surface area contributed by atoms with Gasteiger partial charge in [0.2, 0.25) is 0 Å². The molecule has 2 aromatic rings. The van der Waals surface area contributed by atoms with Crippen molar-refractivity contribution in [3.05, 3.63) is 57.8 Å². The number of para-hydroxylation sites is 1. The van der Waals surface area contributed by atoms with Gasteiger partial charge in [-0.25, -0.2) is 4.39 Å². The van der Waals surface area contributed by atoms with E-state index in [1.54, 1.807) is 24.3 Å². The number of hydrogen-bond acceptors (Lipinski definition) is 3. The molecule has 0 spiro atoms. The molecule has 0 bridgehead atoms. The highest BCUT2D eigenvalue weighted by atomic mass is 79.9. The number of carbonyl (C=O) groups excluding carboxylic acids is 1. The average molecular weight is 339 g/mol. The van der Waals surface area contributed by atoms with Crippen LogP contribution in [0.1, 0.15) is 15.9 Å². The Morgan fingerprint density at radius 3 is 2.75 bits per heavy atom. The summed E-state index contributed by atoms with van der Waals surface area (Å²) >= 11 is 3.25. The van der Waals surface area contributed by atoms with Crippen molar-refractivity contribution in [3.8, 4) is 5.75 Å². The molecule has 0 unspecified atom stereocenters. The van der Waals surface area contributed by atoms with E-state index >= 15 is 0 Å². The van der Waals surface area contributed by atoms with E-state index in [9.17, 15) is 9.18 Å². The molecule has 2 aromatic carbocycles. The molecule has 2 rings (SSSR count). The third kappa shape index (κ3) is 3.08. The summed E-state index contributed by atoms with van der Waals surface area (Å²) in [4.78, 5) is 11.3. The Labute approximate surface area is 123 Å². The summed E-state index contributed by atoms with van der Waals surface area (Å²) in [6.45, 7) is -0.0558. The highest BCUT2D eigenvalue weighted by Gasteiger charge is 2.13. The summed E-state index contributed by atoms with van der Waals surface area (Å²) in [7, 11) is 0. The number of primary amides is 1. The van der Waals surface area contributed by atoms with Gasteiger partial charge in [0.05, 0.1) is 11.3 Å². The molecule has 0 heterocycles. The van der Waals surface area contributed by atoms with Crippen molar-refractivity contribution >= 4 is 27.5 Å². The fourth-order valence-electron chi connectivity index (χ4n) is 1.71. The summed E-state index contributed by atoms with van der Waals surface area (Å²) in [5.41, 5.74) is 11.8. The molecular formula is C14H12BrFN2O2. The van der Waals surface area contributed by atoms with Crippen LogP contribution in [-0.4, -0.2) is 5.91 Å². The Bertz CT molecular complexity index is 662. The van der Waals surface area contributed by atoms with Gasteiger partial charge in [-0.15, -0.1) is 0 Å². The topological polar surface area (TPSA) is 78.3 Å². The molecule has 0 aliphatic carbocycles. The van der Waals surface area contributed by atoms with Gasteiger partial charge in [0, 0.05) is 10.0 Å². The van der Waals surface area contributed by atoms with Crippen LogP contribution in [0.2, 0.25) is 0 Å². The normalized spacial score (nSPS) is 10.3. The fourth-order valence-corrected chi connectivity index (χ4v) is 2.12. The van der Waals surface area contributed by atoms with Gasteiger partial charge in [-0.2, -0.15) is 0 Å². The first kappa shape index (κ1) is 14.3. The third-order valence-corrected chi connectivity index (χ3v) is 3.18. The smallest absolute Gasteiger partial charge is 0.252 e. The maximum Gasteiger partial charge on any atom is 0.252 e. The molecule has 0 aliphatic heterocycles. The molecule has 104 valence electrons. The highest BCUT2D eigenvalue weighted by Crippen LogP contribution is 2.27. The first-order valence-corrected chi connectivity index (χ1v) is 6.53. The SMILES string of the molecule is NC(=O)c1cccc(N)c1OCc1cc(Br)ccc1F. The molecule has 0 atom stereocenters. The van der Waals surface area contributed by atoms with Crippen molar-refractivity contribution in [1.29, 1.82) is 0 Å². The van der Waals surface area contributed by atoms with Crippen molar-refractivity contribution in [1.82, 2.24) is 0 Å². The molecule has 0 aliphatic rings. The predicted octanol–water partition coefficient (Wildman–Crippen LogP) is 2.85. The van der Waals surface area contributed by atoms with Crippen LogP contribution in [-0.2, 0) is 6.61 Å². The second kappa shape index (κ2) is 5.92. The molecule has 0 radical (unpaired) electrons. The Hall–Kier alpha value is -2.08. The van der Waals surface area contributed by atoms with Gasteiger partial charge in [0.15, 0.2) is 5.75 Å². The van der Waals surface area contributed by atoms with Gasteiger partial charge in [-0.1, -0.05) is 22.0 Å². The number of benzene rings is 2. The van der Waals surface area contributed by atoms with Crippen LogP contribution in [0.5, 0.6) is 5.75 Å². The molecule has 0 aromatic heterocycles. The largest absolute Gasteiger partial charge is 0.486 e. The molecule has 4 nitrogen and oxygen atoms in total. The second-order valence-electron chi connectivity index (χ2n) is 4.11. The van der Waals surface area contributed by atoms with E-state index in [2.05, 4.69) is 15.9 Å². The molecule has 0 saturated heterocycles. The first-order valence-electron chi connectivity index (χ1n) is 5.74. The van der Waals surface area contributed by atoms with Crippen molar-refractivity contribution in [2.75, 3.05) is 5.73 Å². The summed E-state index contributed by atoms with van der Waals surface area (Å²) in [5.74, 6) is -0.885. The van der Waals surface area contributed by atoms with E-state index in [0.717, 1.165) is 4.47 Å². The van der Waals surface area contributed by atoms with Gasteiger partial charge < -0.3 is 16.2 Å². The van der Waals surface area contributed by atoms with Gasteiger partial charge in [0.25, 0.3) is 5.91 Å². The molecule has 0 saturated carbocycles. The number of rotatable bonds is 4. The quantitative estimate of drug-likeness (QED) is 0.841. The monoisotopic (exact) mass is 338 g/mol. The Morgan fingerprint density at radius 2 is 2.05 bits per heavy atom. The van der Waals surface area contributed by atoms with Gasteiger partial charge in [-0.3, -0.25) is 4.79 Å². The lowest BCUT2D eigenvalue weighted by Gasteiger charge is -2.12. The van der Waals surface area contributed by atoms with Crippen LogP contribution in [0.4, 0.5) is 10.1 Å². The summed E-state index contributed by atoms with van der Waals surface area (Å²) in [6, 6.07) is 9.20. The predicted molar refractivity (Wildman–Crippen MR) is 77.8 cm³/mol. The van der Waals surface area contributed by atoms with Crippen LogP contribution in [0.25, 0.3) is 0 Å². The number of amides is 1. The lowest BCUT2D eigenvalue weighted by molar-refractivity contribution is 0.0996. The Balaban J connectivity index is 2.27. The molecule has 1 amide bonds.